The van der Waals surface area contributed by atoms with Crippen LogP contribution in [0.15, 0.2) is 29.6 Å². The van der Waals surface area contributed by atoms with Gasteiger partial charge in [0.05, 0.1) is 12.3 Å². The summed E-state index contributed by atoms with van der Waals surface area (Å²) < 4.78 is 5.15. The van der Waals surface area contributed by atoms with Crippen LogP contribution in [0.1, 0.15) is 5.56 Å². The van der Waals surface area contributed by atoms with Crippen LogP contribution in [0, 0.1) is 6.92 Å². The second-order valence-corrected chi connectivity index (χ2v) is 6.54. The third kappa shape index (κ3) is 3.66. The summed E-state index contributed by atoms with van der Waals surface area (Å²) >= 11 is 1.75. The van der Waals surface area contributed by atoms with Crippen molar-refractivity contribution >= 4 is 16.5 Å². The lowest BCUT2D eigenvalue weighted by Crippen LogP contribution is -2.47. The van der Waals surface area contributed by atoms with Gasteiger partial charge in [-0.25, -0.2) is 4.98 Å². The van der Waals surface area contributed by atoms with Crippen LogP contribution in [-0.2, 0) is 4.74 Å². The van der Waals surface area contributed by atoms with Crippen molar-refractivity contribution in [3.05, 3.63) is 35.2 Å². The Morgan fingerprint density at radius 1 is 1.14 bits per heavy atom. The molecule has 1 aromatic carbocycles. The topological polar surface area (TPSA) is 28.6 Å². The van der Waals surface area contributed by atoms with Crippen LogP contribution in [0.25, 0.3) is 11.3 Å². The Kier molecular flexibility index (Phi) is 5.08. The Balaban J connectivity index is 1.61. The first-order valence-corrected chi connectivity index (χ1v) is 8.63. The molecule has 5 heteroatoms. The van der Waals surface area contributed by atoms with Gasteiger partial charge in [-0.1, -0.05) is 29.8 Å². The van der Waals surface area contributed by atoms with Gasteiger partial charge in [0.15, 0.2) is 5.13 Å². The maximum Gasteiger partial charge on any atom is 0.185 e. The van der Waals surface area contributed by atoms with Crippen molar-refractivity contribution in [2.75, 3.05) is 51.3 Å². The van der Waals surface area contributed by atoms with Gasteiger partial charge >= 0.3 is 0 Å². The van der Waals surface area contributed by atoms with Crippen molar-refractivity contribution in [2.24, 2.45) is 0 Å². The number of methoxy groups -OCH3 is 1. The molecule has 0 amide bonds. The maximum atomic E-state index is 5.15. The minimum Gasteiger partial charge on any atom is -0.383 e. The molecule has 1 fully saturated rings. The zero-order valence-electron chi connectivity index (χ0n) is 13.3. The monoisotopic (exact) mass is 317 g/mol. The molecule has 2 heterocycles. The van der Waals surface area contributed by atoms with E-state index in [4.69, 9.17) is 9.72 Å². The molecular formula is C17H23N3OS. The molecule has 0 saturated carbocycles. The van der Waals surface area contributed by atoms with Crippen LogP contribution in [0.2, 0.25) is 0 Å². The number of piperazine rings is 1. The number of aromatic nitrogens is 1. The minimum absolute atomic E-state index is 0.814. The van der Waals surface area contributed by atoms with Crippen LogP contribution in [0.4, 0.5) is 5.13 Å². The van der Waals surface area contributed by atoms with Crippen LogP contribution in [0.5, 0.6) is 0 Å². The van der Waals surface area contributed by atoms with Crippen LogP contribution in [-0.4, -0.2) is 56.3 Å². The standard InChI is InChI=1S/C17H23N3OS/c1-14-3-5-15(6-4-14)16-13-22-17(18-16)20-9-7-19(8-10-20)11-12-21-2/h3-6,13H,7-12H2,1-2H3. The number of benzene rings is 1. The first kappa shape index (κ1) is 15.5. The molecule has 118 valence electrons. The van der Waals surface area contributed by atoms with Crippen molar-refractivity contribution in [1.82, 2.24) is 9.88 Å². The summed E-state index contributed by atoms with van der Waals surface area (Å²) in [5.74, 6) is 0. The SMILES string of the molecule is COCCN1CCN(c2nc(-c3ccc(C)cc3)cs2)CC1. The average Bonchev–Trinajstić information content (AvgIpc) is 3.04. The predicted octanol–water partition coefficient (Wildman–Crippen LogP) is 2.89. The minimum atomic E-state index is 0.814. The number of hydrogen-bond donors (Lipinski definition) is 0. The van der Waals surface area contributed by atoms with Gasteiger partial charge in [0, 0.05) is 50.8 Å². The van der Waals surface area contributed by atoms with E-state index in [0.29, 0.717) is 0 Å². The molecule has 4 nitrogen and oxygen atoms in total. The Labute approximate surface area is 136 Å². The van der Waals surface area contributed by atoms with E-state index in [1.165, 1.54) is 11.1 Å². The molecule has 1 aliphatic heterocycles. The largest absolute Gasteiger partial charge is 0.383 e. The average molecular weight is 317 g/mol. The quantitative estimate of drug-likeness (QED) is 0.848. The van der Waals surface area contributed by atoms with Crippen LogP contribution >= 0.6 is 11.3 Å². The number of ether oxygens (including phenoxy) is 1. The Bertz CT molecular complexity index is 588. The van der Waals surface area contributed by atoms with Gasteiger partial charge in [-0.3, -0.25) is 4.90 Å². The van der Waals surface area contributed by atoms with E-state index in [0.717, 1.165) is 50.2 Å². The van der Waals surface area contributed by atoms with Gasteiger partial charge in [-0.15, -0.1) is 11.3 Å². The molecule has 1 aromatic heterocycles. The van der Waals surface area contributed by atoms with Gasteiger partial charge in [0.2, 0.25) is 0 Å². The van der Waals surface area contributed by atoms with E-state index in [-0.39, 0.29) is 0 Å². The highest BCUT2D eigenvalue weighted by molar-refractivity contribution is 7.14. The molecule has 0 radical (unpaired) electrons. The third-order valence-electron chi connectivity index (χ3n) is 4.09. The smallest absolute Gasteiger partial charge is 0.185 e. The molecule has 0 bridgehead atoms. The van der Waals surface area contributed by atoms with Gasteiger partial charge < -0.3 is 9.64 Å². The summed E-state index contributed by atoms with van der Waals surface area (Å²) in [4.78, 5) is 9.67. The molecule has 1 aliphatic rings. The molecule has 0 spiro atoms. The van der Waals surface area contributed by atoms with Crippen molar-refractivity contribution in [1.29, 1.82) is 0 Å². The van der Waals surface area contributed by atoms with Gasteiger partial charge in [-0.2, -0.15) is 0 Å². The van der Waals surface area contributed by atoms with Crippen LogP contribution in [0.3, 0.4) is 0 Å². The predicted molar refractivity (Wildman–Crippen MR) is 92.8 cm³/mol. The summed E-state index contributed by atoms with van der Waals surface area (Å²) in [6.07, 6.45) is 0. The fraction of sp³-hybridized carbons (Fsp3) is 0.471. The number of anilines is 1. The van der Waals surface area contributed by atoms with Crippen molar-refractivity contribution in [2.45, 2.75) is 6.92 Å². The van der Waals surface area contributed by atoms with Crippen molar-refractivity contribution in [3.63, 3.8) is 0 Å². The Hall–Kier alpha value is -1.43. The highest BCUT2D eigenvalue weighted by Crippen LogP contribution is 2.28. The molecule has 0 atom stereocenters. The molecule has 0 N–H and O–H groups in total. The maximum absolute atomic E-state index is 5.15. The van der Waals surface area contributed by atoms with E-state index in [1.807, 2.05) is 0 Å². The molecule has 3 rings (SSSR count). The molecule has 22 heavy (non-hydrogen) atoms. The molecule has 0 unspecified atom stereocenters. The van der Waals surface area contributed by atoms with E-state index in [9.17, 15) is 0 Å². The van der Waals surface area contributed by atoms with E-state index in [1.54, 1.807) is 18.4 Å². The van der Waals surface area contributed by atoms with E-state index in [2.05, 4.69) is 46.4 Å². The normalized spacial score (nSPS) is 16.2. The summed E-state index contributed by atoms with van der Waals surface area (Å²) in [5.41, 5.74) is 3.57. The number of rotatable bonds is 5. The van der Waals surface area contributed by atoms with Gasteiger partial charge in [-0.05, 0) is 6.92 Å². The second-order valence-electron chi connectivity index (χ2n) is 5.70. The fourth-order valence-electron chi connectivity index (χ4n) is 2.65. The lowest BCUT2D eigenvalue weighted by atomic mass is 10.1. The van der Waals surface area contributed by atoms with Crippen molar-refractivity contribution in [3.8, 4) is 11.3 Å². The van der Waals surface area contributed by atoms with Gasteiger partial charge in [0.1, 0.15) is 0 Å². The van der Waals surface area contributed by atoms with E-state index < -0.39 is 0 Å². The third-order valence-corrected chi connectivity index (χ3v) is 5.00. The van der Waals surface area contributed by atoms with E-state index >= 15 is 0 Å². The lowest BCUT2D eigenvalue weighted by Gasteiger charge is -2.34. The number of aryl methyl sites for hydroxylation is 1. The number of thiazole rings is 1. The number of nitrogens with zero attached hydrogens (tertiary/aromatic N) is 3. The molecule has 1 saturated heterocycles. The molecule has 2 aromatic rings. The van der Waals surface area contributed by atoms with Crippen molar-refractivity contribution < 1.29 is 4.74 Å². The Morgan fingerprint density at radius 3 is 2.55 bits per heavy atom. The first-order valence-electron chi connectivity index (χ1n) is 7.75. The zero-order valence-corrected chi connectivity index (χ0v) is 14.1. The number of hydrogen-bond acceptors (Lipinski definition) is 5. The molecular weight excluding hydrogens is 294 g/mol. The fourth-order valence-corrected chi connectivity index (χ4v) is 3.54. The Morgan fingerprint density at radius 2 is 1.86 bits per heavy atom. The summed E-state index contributed by atoms with van der Waals surface area (Å²) in [7, 11) is 1.76. The highest BCUT2D eigenvalue weighted by atomic mass is 32.1. The molecule has 0 aliphatic carbocycles. The van der Waals surface area contributed by atoms with Gasteiger partial charge in [0.25, 0.3) is 0 Å². The van der Waals surface area contributed by atoms with Crippen LogP contribution < -0.4 is 4.90 Å². The highest BCUT2D eigenvalue weighted by Gasteiger charge is 2.19. The summed E-state index contributed by atoms with van der Waals surface area (Å²) in [6, 6.07) is 8.58. The first-order chi connectivity index (χ1) is 10.8. The summed E-state index contributed by atoms with van der Waals surface area (Å²) in [5, 5.41) is 3.30. The second kappa shape index (κ2) is 7.22. The zero-order chi connectivity index (χ0) is 15.4. The lowest BCUT2D eigenvalue weighted by molar-refractivity contribution is 0.144. The summed E-state index contributed by atoms with van der Waals surface area (Å²) in [6.45, 7) is 8.21.